The Morgan fingerprint density at radius 1 is 0.855 bits per heavy atom. The first-order chi connectivity index (χ1) is 25.8. The third-order valence-electron chi connectivity index (χ3n) is 11.4. The van der Waals surface area contributed by atoms with Crippen LogP contribution in [0.2, 0.25) is 13.1 Å². The Labute approximate surface area is 335 Å². The Morgan fingerprint density at radius 2 is 1.55 bits per heavy atom. The second kappa shape index (κ2) is 15.6. The van der Waals surface area contributed by atoms with Gasteiger partial charge in [0.15, 0.2) is 5.78 Å². The van der Waals surface area contributed by atoms with Gasteiger partial charge >= 0.3 is 6.18 Å². The van der Waals surface area contributed by atoms with Crippen LogP contribution in [-0.4, -0.2) is 39.7 Å². The normalized spacial score (nSPS) is 13.8. The number of hydrogen-bond acceptors (Lipinski definition) is 4. The van der Waals surface area contributed by atoms with Gasteiger partial charge in [0.1, 0.15) is 14.4 Å². The summed E-state index contributed by atoms with van der Waals surface area (Å²) in [5.74, 6) is 0.547. The zero-order chi connectivity index (χ0) is 38.5. The second-order valence-corrected chi connectivity index (χ2v) is 19.3. The molecule has 5 nitrogen and oxygen atoms in total. The number of carbonyl (C=O) groups is 1. The van der Waals surface area contributed by atoms with E-state index in [1.54, 1.807) is 18.2 Å². The molecule has 0 atom stereocenters. The molecule has 0 bridgehead atoms. The van der Waals surface area contributed by atoms with Crippen molar-refractivity contribution in [2.24, 2.45) is 11.8 Å². The van der Waals surface area contributed by atoms with Crippen LogP contribution in [0.5, 0.6) is 0 Å². The van der Waals surface area contributed by atoms with Gasteiger partial charge in [-0.3, -0.25) is 9.78 Å². The summed E-state index contributed by atoms with van der Waals surface area (Å²) in [5, 5.41) is 13.3. The van der Waals surface area contributed by atoms with Crippen molar-refractivity contribution in [1.82, 2.24) is 14.5 Å². The molecule has 1 N–H and O–H groups in total. The molecule has 0 saturated carbocycles. The van der Waals surface area contributed by atoms with Crippen molar-refractivity contribution in [3.63, 3.8) is 0 Å². The molecule has 0 unspecified atom stereocenters. The van der Waals surface area contributed by atoms with Crippen LogP contribution in [0.15, 0.2) is 91.0 Å². The van der Waals surface area contributed by atoms with Crippen molar-refractivity contribution in [2.75, 3.05) is 0 Å². The van der Waals surface area contributed by atoms with E-state index in [0.717, 1.165) is 70.2 Å². The van der Waals surface area contributed by atoms with Crippen LogP contribution < -0.4 is 10.4 Å². The van der Waals surface area contributed by atoms with Gasteiger partial charge in [0.05, 0.1) is 28.7 Å². The van der Waals surface area contributed by atoms with Gasteiger partial charge < -0.3 is 9.67 Å². The number of hydrogen-bond donors (Lipinski definition) is 1. The quantitative estimate of drug-likeness (QED) is 0.0713. The fourth-order valence-electron chi connectivity index (χ4n) is 8.42. The van der Waals surface area contributed by atoms with E-state index in [0.29, 0.717) is 5.52 Å². The van der Waals surface area contributed by atoms with Crippen LogP contribution >= 0.6 is 0 Å². The van der Waals surface area contributed by atoms with E-state index in [4.69, 9.17) is 4.98 Å². The first-order valence-electron chi connectivity index (χ1n) is 18.9. The molecule has 8 rings (SSSR count). The van der Waals surface area contributed by atoms with Gasteiger partial charge in [-0.25, -0.2) is 4.98 Å². The van der Waals surface area contributed by atoms with Gasteiger partial charge in [0.25, 0.3) is 0 Å². The smallest absolute Gasteiger partial charge is 0.393 e. The van der Waals surface area contributed by atoms with Gasteiger partial charge in [-0.05, 0) is 70.4 Å². The summed E-state index contributed by atoms with van der Waals surface area (Å²) in [5.41, 5.74) is 9.46. The Kier molecular flexibility index (Phi) is 11.5. The molecule has 55 heavy (non-hydrogen) atoms. The molecule has 2 aromatic heterocycles. The van der Waals surface area contributed by atoms with Gasteiger partial charge in [-0.15, -0.1) is 29.8 Å². The van der Waals surface area contributed by atoms with Crippen LogP contribution in [0.3, 0.4) is 0 Å². The number of aliphatic hydroxyl groups excluding tert-OH is 1. The average molecular weight is 937 g/mol. The molecule has 0 spiro atoms. The van der Waals surface area contributed by atoms with Crippen LogP contribution in [0, 0.1) is 17.9 Å². The summed E-state index contributed by atoms with van der Waals surface area (Å²) in [4.78, 5) is 21.1. The van der Waals surface area contributed by atoms with E-state index in [1.807, 2.05) is 39.8 Å². The van der Waals surface area contributed by atoms with Crippen molar-refractivity contribution < 1.29 is 43.2 Å². The second-order valence-electron chi connectivity index (χ2n) is 14.9. The summed E-state index contributed by atoms with van der Waals surface area (Å²) in [7, 11) is -1.97. The molecule has 4 aromatic carbocycles. The summed E-state index contributed by atoms with van der Waals surface area (Å²) in [6.45, 7) is 12.8. The molecular formula is C45H45F3IrN3O2Si-. The molecule has 0 saturated heterocycles. The molecule has 2 aliphatic rings. The summed E-state index contributed by atoms with van der Waals surface area (Å²) in [6, 6.07) is 27.5. The molecule has 0 aliphatic carbocycles. The van der Waals surface area contributed by atoms with E-state index in [2.05, 4.69) is 71.2 Å². The molecule has 0 amide bonds. The van der Waals surface area contributed by atoms with Crippen molar-refractivity contribution in [2.45, 2.75) is 79.1 Å². The van der Waals surface area contributed by atoms with Crippen molar-refractivity contribution in [1.29, 1.82) is 0 Å². The van der Waals surface area contributed by atoms with Crippen LogP contribution in [0.25, 0.3) is 61.1 Å². The van der Waals surface area contributed by atoms with Gasteiger partial charge in [-0.2, -0.15) is 13.2 Å². The molecule has 2 aliphatic heterocycles. The van der Waals surface area contributed by atoms with E-state index >= 15 is 0 Å². The van der Waals surface area contributed by atoms with Crippen LogP contribution in [-0.2, 0) is 31.3 Å². The zero-order valence-electron chi connectivity index (χ0n) is 31.9. The monoisotopic (exact) mass is 937 g/mol. The summed E-state index contributed by atoms with van der Waals surface area (Å²) < 4.78 is 42.3. The molecule has 6 aromatic rings. The molecule has 10 heteroatoms. The molecule has 4 heterocycles. The third kappa shape index (κ3) is 7.13. The topological polar surface area (TPSA) is 68.0 Å². The Balaban J connectivity index is 0.000000276. The number of nitrogens with zero attached hydrogens (tertiary/aromatic N) is 3. The maximum absolute atomic E-state index is 13.4. The van der Waals surface area contributed by atoms with E-state index in [9.17, 15) is 23.1 Å². The van der Waals surface area contributed by atoms with Gasteiger partial charge in [0.2, 0.25) is 0 Å². The number of rotatable bonds is 8. The summed E-state index contributed by atoms with van der Waals surface area (Å²) in [6.07, 6.45) is 1.16. The van der Waals surface area contributed by atoms with Gasteiger partial charge in [-0.1, -0.05) is 88.8 Å². The number of allylic oxidation sites excluding steroid dienone is 2. The minimum atomic E-state index is -4.30. The maximum atomic E-state index is 13.4. The average Bonchev–Trinajstić information content (AvgIpc) is 3.54. The first kappa shape index (κ1) is 40.3. The predicted molar refractivity (Wildman–Crippen MR) is 215 cm³/mol. The molecule has 287 valence electrons. The Morgan fingerprint density at radius 3 is 2.24 bits per heavy atom. The first-order valence-corrected chi connectivity index (χ1v) is 21.9. The number of alkyl halides is 3. The van der Waals surface area contributed by atoms with Crippen molar-refractivity contribution in [3.8, 4) is 39.2 Å². The fraction of sp³-hybridized carbons (Fsp3) is 0.311. The summed E-state index contributed by atoms with van der Waals surface area (Å²) >= 11 is 0. The maximum Gasteiger partial charge on any atom is 0.393 e. The van der Waals surface area contributed by atoms with E-state index < -0.39 is 20.7 Å². The third-order valence-corrected chi connectivity index (χ3v) is 15.0. The fourth-order valence-corrected chi connectivity index (χ4v) is 11.5. The molecule has 0 fully saturated rings. The van der Waals surface area contributed by atoms with E-state index in [1.165, 1.54) is 33.9 Å². The number of ketones is 1. The number of halogens is 3. The largest absolute Gasteiger partial charge is 0.512 e. The molecule has 1 radical (unpaired) electrons. The molecular weight excluding hydrogens is 892 g/mol. The number of fused-ring (bicyclic) bond motifs is 11. The minimum absolute atomic E-state index is 0. The number of carbonyl (C=O) groups excluding carboxylic acids is 1. The minimum Gasteiger partial charge on any atom is -0.512 e. The van der Waals surface area contributed by atoms with Crippen molar-refractivity contribution in [3.05, 3.63) is 103 Å². The number of aliphatic hydroxyl groups is 1. The Bertz CT molecular complexity index is 2440. The standard InChI is InChI=1S/C32H21F3N3Si.C13H24O2.Ir/c1-39(2)27-10-6-5-8-20(27)24-14-26-23(15-28(24)39)19-7-3-4-9-21(19)29-31-30(37-17-36-29)22-12-11-18(16-32(33,34)35)13-25(22)38(26)31;1-5-10(6-2)12(14)9-13(15)11(7-3)8-4;/h3-8,10-15,17H,16H2,1-2H3;9-11,14H,5-8H2,1-4H3;/q-1;;/b;12-9-;. The SMILES string of the molecule is CCC(CC)C(=O)/C=C(\O)C(CC)CC.C[Si]1(C)c2ccccc2-c2cc3c(cc21)-c1ccc[c-]c1-c1ncnc2c4ccc(CC(F)(F)F)cc4n-3c12.[Ir]. The number of aromatic nitrogens is 3. The van der Waals surface area contributed by atoms with E-state index in [-0.39, 0.29) is 49.0 Å². The van der Waals surface area contributed by atoms with Crippen molar-refractivity contribution >= 4 is 46.2 Å². The number of benzene rings is 4. The van der Waals surface area contributed by atoms with Crippen LogP contribution in [0.1, 0.15) is 58.9 Å². The van der Waals surface area contributed by atoms with Gasteiger partial charge in [0, 0.05) is 54.8 Å². The van der Waals surface area contributed by atoms with Crippen LogP contribution in [0.4, 0.5) is 13.2 Å². The Hall–Kier alpha value is -4.37. The zero-order valence-corrected chi connectivity index (χ0v) is 35.3. The predicted octanol–water partition coefficient (Wildman–Crippen LogP) is 10.8.